The Morgan fingerprint density at radius 1 is 0.534 bits per heavy atom. The van der Waals surface area contributed by atoms with Gasteiger partial charge in [-0.2, -0.15) is 0 Å². The molecule has 58 heavy (non-hydrogen) atoms. The smallest absolute Gasteiger partial charge is 0.292 e. The molecule has 2 aliphatic rings. The number of carbonyl (C=O) groups excluding carboxylic acids is 1. The molecule has 15 nitrogen and oxygen atoms in total. The van der Waals surface area contributed by atoms with Crippen molar-refractivity contribution in [2.75, 3.05) is 82.6 Å². The van der Waals surface area contributed by atoms with Crippen molar-refractivity contribution in [3.05, 3.63) is 165 Å². The van der Waals surface area contributed by atoms with Crippen LogP contribution in [0.5, 0.6) is 0 Å². The van der Waals surface area contributed by atoms with E-state index in [1.807, 2.05) is 72.8 Å². The second kappa shape index (κ2) is 16.8. The van der Waals surface area contributed by atoms with E-state index in [2.05, 4.69) is 30.2 Å². The van der Waals surface area contributed by atoms with E-state index < -0.39 is 0 Å². The number of rotatable bonds is 14. The summed E-state index contributed by atoms with van der Waals surface area (Å²) in [5.41, 5.74) is 5.58. The van der Waals surface area contributed by atoms with Crippen molar-refractivity contribution in [2.45, 2.75) is 13.1 Å². The van der Waals surface area contributed by atoms with Crippen LogP contribution in [0.25, 0.3) is 0 Å². The quantitative estimate of drug-likeness (QED) is 0.0625. The predicted octanol–water partition coefficient (Wildman–Crippen LogP) is 7.80. The Balaban J connectivity index is 0.936. The maximum atomic E-state index is 14.5. The number of nitro benzene ring substituents is 2. The fraction of sp³-hybridized carbons (Fsp3) is 0.233. The molecule has 0 atom stereocenters. The number of ketones is 1. The second-order valence-corrected chi connectivity index (χ2v) is 14.1. The van der Waals surface area contributed by atoms with Crippen LogP contribution < -0.4 is 30.2 Å². The number of carbonyl (C=O) groups is 1. The first kappa shape index (κ1) is 37.6. The normalized spacial score (nSPS) is 14.3. The average Bonchev–Trinajstić information content (AvgIpc) is 4.00. The van der Waals surface area contributed by atoms with Crippen LogP contribution in [0.1, 0.15) is 27.4 Å². The summed E-state index contributed by atoms with van der Waals surface area (Å²) >= 11 is 0. The van der Waals surface area contributed by atoms with Crippen molar-refractivity contribution in [1.82, 2.24) is 0 Å². The van der Waals surface area contributed by atoms with Crippen LogP contribution in [0, 0.1) is 20.2 Å². The number of para-hydroxylation sites is 2. The van der Waals surface area contributed by atoms with Crippen LogP contribution in [0.3, 0.4) is 0 Å². The zero-order valence-electron chi connectivity index (χ0n) is 31.7. The van der Waals surface area contributed by atoms with E-state index in [-0.39, 0.29) is 27.0 Å². The minimum Gasteiger partial charge on any atom is -0.467 e. The highest BCUT2D eigenvalue weighted by molar-refractivity contribution is 6.15. The van der Waals surface area contributed by atoms with Gasteiger partial charge in [0.25, 0.3) is 11.4 Å². The molecule has 0 amide bonds. The molecule has 0 saturated carbocycles. The Hall–Kier alpha value is -7.29. The Morgan fingerprint density at radius 3 is 1.31 bits per heavy atom. The monoisotopic (exact) mass is 782 g/mol. The lowest BCUT2D eigenvalue weighted by atomic mass is 9.98. The molecule has 0 unspecified atom stereocenters. The van der Waals surface area contributed by atoms with E-state index in [1.165, 1.54) is 12.1 Å². The van der Waals surface area contributed by atoms with Crippen molar-refractivity contribution in [3.8, 4) is 0 Å². The van der Waals surface area contributed by atoms with Crippen LogP contribution >= 0.6 is 0 Å². The number of nitro groups is 2. The second-order valence-electron chi connectivity index (χ2n) is 14.1. The van der Waals surface area contributed by atoms with Gasteiger partial charge in [0, 0.05) is 98.4 Å². The first-order valence-corrected chi connectivity index (χ1v) is 19.1. The minimum absolute atomic E-state index is 0.00273. The van der Waals surface area contributed by atoms with Gasteiger partial charge >= 0.3 is 0 Å². The highest BCUT2D eigenvalue weighted by atomic mass is 16.6. The van der Waals surface area contributed by atoms with E-state index in [1.54, 1.807) is 36.8 Å². The molecule has 2 fully saturated rings. The number of benzene rings is 4. The Morgan fingerprint density at radius 2 is 0.931 bits per heavy atom. The molecule has 4 heterocycles. The van der Waals surface area contributed by atoms with E-state index >= 15 is 0 Å². The number of nitrogens with zero attached hydrogens (tertiary/aromatic N) is 6. The summed E-state index contributed by atoms with van der Waals surface area (Å²) in [4.78, 5) is 46.1. The van der Waals surface area contributed by atoms with E-state index in [0.29, 0.717) is 99.5 Å². The van der Waals surface area contributed by atoms with Crippen LogP contribution in [0.2, 0.25) is 0 Å². The van der Waals surface area contributed by atoms with Crippen LogP contribution in [0.4, 0.5) is 45.5 Å². The lowest BCUT2D eigenvalue weighted by Gasteiger charge is -2.39. The van der Waals surface area contributed by atoms with Gasteiger partial charge in [0.2, 0.25) is 0 Å². The van der Waals surface area contributed by atoms with Crippen molar-refractivity contribution in [1.29, 1.82) is 0 Å². The number of anilines is 6. The fourth-order valence-corrected chi connectivity index (χ4v) is 7.67. The van der Waals surface area contributed by atoms with Crippen LogP contribution in [0.15, 0.2) is 131 Å². The van der Waals surface area contributed by atoms with Gasteiger partial charge in [-0.05, 0) is 72.8 Å². The van der Waals surface area contributed by atoms with Crippen molar-refractivity contribution in [2.24, 2.45) is 0 Å². The third kappa shape index (κ3) is 8.14. The largest absolute Gasteiger partial charge is 0.467 e. The summed E-state index contributed by atoms with van der Waals surface area (Å²) in [6, 6.07) is 32.9. The van der Waals surface area contributed by atoms with Gasteiger partial charge in [-0.15, -0.1) is 0 Å². The van der Waals surface area contributed by atoms with Crippen molar-refractivity contribution in [3.63, 3.8) is 0 Å². The molecule has 2 aromatic heterocycles. The summed E-state index contributed by atoms with van der Waals surface area (Å²) in [6.07, 6.45) is 3.14. The van der Waals surface area contributed by atoms with Crippen molar-refractivity contribution < 1.29 is 23.5 Å². The summed E-state index contributed by atoms with van der Waals surface area (Å²) in [5, 5.41) is 29.9. The Labute approximate surface area is 334 Å². The van der Waals surface area contributed by atoms with Gasteiger partial charge in [0.05, 0.1) is 35.5 Å². The van der Waals surface area contributed by atoms with Gasteiger partial charge in [0.15, 0.2) is 5.78 Å². The molecule has 15 heteroatoms. The molecular weight excluding hydrogens is 741 g/mol. The van der Waals surface area contributed by atoms with Crippen LogP contribution in [-0.4, -0.2) is 68.0 Å². The maximum Gasteiger partial charge on any atom is 0.292 e. The predicted molar refractivity (Wildman–Crippen MR) is 223 cm³/mol. The standard InChI is InChI=1S/C43H42N8O7/c52-43(35-9-1-3-11-39(35)48-21-17-46(18-22-48)31-13-15-41(50(53)54)37(27-31)44-29-33-7-5-25-57-33)36-10-2-4-12-40(36)49-23-19-47(20-24-49)32-14-16-42(51(55)56)38(28-32)45-30-34-8-6-26-58-34/h1-16,25-28,44-45H,17-24,29-30H2. The third-order valence-corrected chi connectivity index (χ3v) is 10.7. The average molecular weight is 783 g/mol. The van der Waals surface area contributed by atoms with Crippen LogP contribution in [-0.2, 0) is 13.1 Å². The zero-order chi connectivity index (χ0) is 40.0. The van der Waals surface area contributed by atoms with Gasteiger partial charge in [-0.25, -0.2) is 0 Å². The summed E-state index contributed by atoms with van der Waals surface area (Å²) < 4.78 is 10.8. The molecule has 8 rings (SSSR count). The van der Waals surface area contributed by atoms with E-state index in [0.717, 1.165) is 22.7 Å². The molecule has 2 saturated heterocycles. The number of furan rings is 2. The first-order valence-electron chi connectivity index (χ1n) is 19.1. The fourth-order valence-electron chi connectivity index (χ4n) is 7.67. The molecule has 2 N–H and O–H groups in total. The highest BCUT2D eigenvalue weighted by Gasteiger charge is 2.27. The molecule has 6 aromatic rings. The minimum atomic E-state index is -0.390. The molecular formula is C43H42N8O7. The van der Waals surface area contributed by atoms with Gasteiger partial charge in [-0.3, -0.25) is 25.0 Å². The molecule has 0 spiro atoms. The Kier molecular flexibility index (Phi) is 10.9. The van der Waals surface area contributed by atoms with E-state index in [4.69, 9.17) is 8.83 Å². The Bertz CT molecular complexity index is 2220. The number of nitrogens with one attached hydrogen (secondary N) is 2. The van der Waals surface area contributed by atoms with Gasteiger partial charge < -0.3 is 39.1 Å². The molecule has 0 bridgehead atoms. The summed E-state index contributed by atoms with van der Waals surface area (Å²) in [7, 11) is 0. The first-order chi connectivity index (χ1) is 28.3. The summed E-state index contributed by atoms with van der Waals surface area (Å²) in [6.45, 7) is 5.92. The highest BCUT2D eigenvalue weighted by Crippen LogP contribution is 2.35. The maximum absolute atomic E-state index is 14.5. The third-order valence-electron chi connectivity index (χ3n) is 10.7. The zero-order valence-corrected chi connectivity index (χ0v) is 31.7. The topological polar surface area (TPSA) is 167 Å². The molecule has 0 radical (unpaired) electrons. The molecule has 0 aliphatic carbocycles. The van der Waals surface area contributed by atoms with Gasteiger partial charge in [0.1, 0.15) is 22.9 Å². The number of piperazine rings is 2. The summed E-state index contributed by atoms with van der Waals surface area (Å²) in [5.74, 6) is 1.30. The SMILES string of the molecule is O=C(c1ccccc1N1CCN(c2ccc([N+](=O)[O-])c(NCc3ccco3)c2)CC1)c1ccccc1N1CCN(c2ccc([N+](=O)[O-])c(NCc3ccco3)c2)CC1. The number of hydrogen-bond donors (Lipinski definition) is 2. The number of hydrogen-bond acceptors (Lipinski definition) is 13. The molecule has 2 aliphatic heterocycles. The molecule has 296 valence electrons. The lowest BCUT2D eigenvalue weighted by Crippen LogP contribution is -2.47. The van der Waals surface area contributed by atoms with Crippen molar-refractivity contribution >= 4 is 51.3 Å². The lowest BCUT2D eigenvalue weighted by molar-refractivity contribution is -0.384. The molecule has 4 aromatic carbocycles. The van der Waals surface area contributed by atoms with Gasteiger partial charge in [-0.1, -0.05) is 24.3 Å². The van der Waals surface area contributed by atoms with E-state index in [9.17, 15) is 25.0 Å².